The molecule has 2 aromatic rings. The number of para-hydroxylation sites is 1. The Morgan fingerprint density at radius 2 is 1.95 bits per heavy atom. The molecular formula is C14H13FN2OS. The molecule has 98 valence electrons. The number of halogens is 1. The van der Waals surface area contributed by atoms with Gasteiger partial charge in [0.1, 0.15) is 5.82 Å². The topological polar surface area (TPSA) is 55.1 Å². The van der Waals surface area contributed by atoms with Gasteiger partial charge in [-0.05, 0) is 30.3 Å². The van der Waals surface area contributed by atoms with Crippen molar-refractivity contribution < 1.29 is 9.18 Å². The Hall–Kier alpha value is -2.01. The summed E-state index contributed by atoms with van der Waals surface area (Å²) in [5.74, 6) is -0.277. The molecule has 0 unspecified atom stereocenters. The highest BCUT2D eigenvalue weighted by atomic mass is 32.2. The standard InChI is InChI=1S/C14H13FN2OS/c15-10-6-7-13(12(16)8-10)19-9-14(18)17-11-4-2-1-3-5-11/h1-8H,9,16H2,(H,17,18). The van der Waals surface area contributed by atoms with Crippen molar-refractivity contribution in [3.05, 3.63) is 54.3 Å². The molecule has 0 aliphatic rings. The van der Waals surface area contributed by atoms with Gasteiger partial charge in [0.2, 0.25) is 5.91 Å². The van der Waals surface area contributed by atoms with Crippen LogP contribution >= 0.6 is 11.8 Å². The van der Waals surface area contributed by atoms with Gasteiger partial charge in [0.15, 0.2) is 0 Å². The molecule has 0 fully saturated rings. The predicted octanol–water partition coefficient (Wildman–Crippen LogP) is 3.14. The zero-order chi connectivity index (χ0) is 13.7. The van der Waals surface area contributed by atoms with Gasteiger partial charge in [0, 0.05) is 16.3 Å². The van der Waals surface area contributed by atoms with E-state index in [1.165, 1.54) is 23.9 Å². The molecular weight excluding hydrogens is 263 g/mol. The quantitative estimate of drug-likeness (QED) is 0.666. The predicted molar refractivity (Wildman–Crippen MR) is 76.6 cm³/mol. The number of anilines is 2. The minimum Gasteiger partial charge on any atom is -0.398 e. The zero-order valence-corrected chi connectivity index (χ0v) is 10.9. The second-order valence-corrected chi connectivity index (χ2v) is 4.90. The zero-order valence-electron chi connectivity index (χ0n) is 10.1. The first kappa shape index (κ1) is 13.4. The lowest BCUT2D eigenvalue weighted by Gasteiger charge is -2.06. The molecule has 3 nitrogen and oxygen atoms in total. The van der Waals surface area contributed by atoms with Crippen LogP contribution in [0.15, 0.2) is 53.4 Å². The number of nitrogens with two attached hydrogens (primary N) is 1. The van der Waals surface area contributed by atoms with E-state index in [-0.39, 0.29) is 17.5 Å². The van der Waals surface area contributed by atoms with Gasteiger partial charge in [-0.25, -0.2) is 4.39 Å². The highest BCUT2D eigenvalue weighted by Crippen LogP contribution is 2.25. The fourth-order valence-corrected chi connectivity index (χ4v) is 2.26. The van der Waals surface area contributed by atoms with Gasteiger partial charge in [0.05, 0.1) is 5.75 Å². The monoisotopic (exact) mass is 276 g/mol. The molecule has 1 amide bonds. The van der Waals surface area contributed by atoms with Crippen molar-refractivity contribution in [3.63, 3.8) is 0 Å². The summed E-state index contributed by atoms with van der Waals surface area (Å²) < 4.78 is 12.9. The van der Waals surface area contributed by atoms with Crippen molar-refractivity contribution in [2.75, 3.05) is 16.8 Å². The number of rotatable bonds is 4. The van der Waals surface area contributed by atoms with Crippen LogP contribution in [-0.4, -0.2) is 11.7 Å². The van der Waals surface area contributed by atoms with E-state index >= 15 is 0 Å². The number of nitrogens with one attached hydrogen (secondary N) is 1. The van der Waals surface area contributed by atoms with Crippen LogP contribution in [-0.2, 0) is 4.79 Å². The van der Waals surface area contributed by atoms with Crippen molar-refractivity contribution >= 4 is 29.0 Å². The van der Waals surface area contributed by atoms with E-state index in [0.29, 0.717) is 10.6 Å². The molecule has 0 saturated carbocycles. The molecule has 0 spiro atoms. The van der Waals surface area contributed by atoms with Crippen molar-refractivity contribution in [2.24, 2.45) is 0 Å². The molecule has 5 heteroatoms. The Balaban J connectivity index is 1.90. The molecule has 0 radical (unpaired) electrons. The number of amides is 1. The van der Waals surface area contributed by atoms with Crippen molar-refractivity contribution in [1.82, 2.24) is 0 Å². The van der Waals surface area contributed by atoms with Gasteiger partial charge >= 0.3 is 0 Å². The van der Waals surface area contributed by atoms with Gasteiger partial charge in [-0.1, -0.05) is 18.2 Å². The second-order valence-electron chi connectivity index (χ2n) is 3.89. The minimum absolute atomic E-state index is 0.125. The van der Waals surface area contributed by atoms with Crippen LogP contribution < -0.4 is 11.1 Å². The van der Waals surface area contributed by atoms with Crippen LogP contribution in [0.4, 0.5) is 15.8 Å². The Morgan fingerprint density at radius 3 is 2.63 bits per heavy atom. The summed E-state index contributed by atoms with van der Waals surface area (Å²) in [5, 5.41) is 2.77. The molecule has 0 saturated heterocycles. The van der Waals surface area contributed by atoms with Gasteiger partial charge in [-0.15, -0.1) is 11.8 Å². The Morgan fingerprint density at radius 1 is 1.21 bits per heavy atom. The van der Waals surface area contributed by atoms with E-state index in [4.69, 9.17) is 5.73 Å². The van der Waals surface area contributed by atoms with Crippen LogP contribution in [0.2, 0.25) is 0 Å². The van der Waals surface area contributed by atoms with Crippen LogP contribution in [0.5, 0.6) is 0 Å². The first-order chi connectivity index (χ1) is 9.15. The van der Waals surface area contributed by atoms with Crippen LogP contribution in [0, 0.1) is 5.82 Å². The lowest BCUT2D eigenvalue weighted by atomic mass is 10.3. The SMILES string of the molecule is Nc1cc(F)ccc1SCC(=O)Nc1ccccc1. The number of carbonyl (C=O) groups excluding carboxylic acids is 1. The molecule has 0 aliphatic carbocycles. The molecule has 0 bridgehead atoms. The Kier molecular flexibility index (Phi) is 4.41. The molecule has 2 rings (SSSR count). The Labute approximate surface area is 115 Å². The van der Waals surface area contributed by atoms with Crippen LogP contribution in [0.3, 0.4) is 0 Å². The van der Waals surface area contributed by atoms with Gasteiger partial charge < -0.3 is 11.1 Å². The highest BCUT2D eigenvalue weighted by molar-refractivity contribution is 8.00. The van der Waals surface area contributed by atoms with Gasteiger partial charge in [-0.2, -0.15) is 0 Å². The van der Waals surface area contributed by atoms with Crippen LogP contribution in [0.25, 0.3) is 0 Å². The van der Waals surface area contributed by atoms with E-state index in [1.807, 2.05) is 30.3 Å². The van der Waals surface area contributed by atoms with Gasteiger partial charge in [-0.3, -0.25) is 4.79 Å². The van der Waals surface area contributed by atoms with E-state index < -0.39 is 0 Å². The van der Waals surface area contributed by atoms with E-state index in [1.54, 1.807) is 6.07 Å². The fourth-order valence-electron chi connectivity index (χ4n) is 1.51. The average Bonchev–Trinajstić information content (AvgIpc) is 2.39. The first-order valence-corrected chi connectivity index (χ1v) is 6.66. The van der Waals surface area contributed by atoms with E-state index in [2.05, 4.69) is 5.32 Å². The number of thioether (sulfide) groups is 1. The third kappa shape index (κ3) is 3.99. The summed E-state index contributed by atoms with van der Waals surface area (Å²) in [6.45, 7) is 0. The average molecular weight is 276 g/mol. The lowest BCUT2D eigenvalue weighted by molar-refractivity contribution is -0.113. The molecule has 3 N–H and O–H groups in total. The number of benzene rings is 2. The fraction of sp³-hybridized carbons (Fsp3) is 0.0714. The third-order valence-corrected chi connectivity index (χ3v) is 3.48. The minimum atomic E-state index is -0.379. The molecule has 0 atom stereocenters. The number of nitrogen functional groups attached to an aromatic ring is 1. The molecule has 0 aromatic heterocycles. The smallest absolute Gasteiger partial charge is 0.234 e. The summed E-state index contributed by atoms with van der Waals surface area (Å²) >= 11 is 1.28. The first-order valence-electron chi connectivity index (χ1n) is 5.68. The third-order valence-electron chi connectivity index (χ3n) is 2.39. The second kappa shape index (κ2) is 6.24. The summed E-state index contributed by atoms with van der Waals surface area (Å²) in [7, 11) is 0. The summed E-state index contributed by atoms with van der Waals surface area (Å²) in [5.41, 5.74) is 6.76. The normalized spacial score (nSPS) is 10.2. The van der Waals surface area contributed by atoms with Crippen molar-refractivity contribution in [2.45, 2.75) is 4.90 Å². The van der Waals surface area contributed by atoms with Crippen molar-refractivity contribution in [3.8, 4) is 0 Å². The lowest BCUT2D eigenvalue weighted by Crippen LogP contribution is -2.13. The summed E-state index contributed by atoms with van der Waals surface area (Å²) in [6.07, 6.45) is 0. The van der Waals surface area contributed by atoms with Crippen molar-refractivity contribution in [1.29, 1.82) is 0 Å². The van der Waals surface area contributed by atoms with E-state index in [0.717, 1.165) is 5.69 Å². The molecule has 2 aromatic carbocycles. The maximum Gasteiger partial charge on any atom is 0.234 e. The highest BCUT2D eigenvalue weighted by Gasteiger charge is 2.06. The molecule has 19 heavy (non-hydrogen) atoms. The maximum absolute atomic E-state index is 12.9. The van der Waals surface area contributed by atoms with Gasteiger partial charge in [0.25, 0.3) is 0 Å². The number of hydrogen-bond donors (Lipinski definition) is 2. The summed E-state index contributed by atoms with van der Waals surface area (Å²) in [4.78, 5) is 12.4. The summed E-state index contributed by atoms with van der Waals surface area (Å²) in [6, 6.07) is 13.4. The van der Waals surface area contributed by atoms with Crippen LogP contribution in [0.1, 0.15) is 0 Å². The Bertz CT molecular complexity index is 575. The number of hydrogen-bond acceptors (Lipinski definition) is 3. The largest absolute Gasteiger partial charge is 0.398 e. The molecule has 0 aliphatic heterocycles. The maximum atomic E-state index is 12.9. The van der Waals surface area contributed by atoms with E-state index in [9.17, 15) is 9.18 Å². The molecule has 0 heterocycles. The number of carbonyl (C=O) groups is 1.